The molecule has 2 saturated heterocycles. The first-order valence-electron chi connectivity index (χ1n) is 8.52. The minimum absolute atomic E-state index is 0.716. The van der Waals surface area contributed by atoms with Crippen molar-refractivity contribution < 1.29 is 9.47 Å². The highest BCUT2D eigenvalue weighted by atomic mass is 32.2. The number of morpholine rings is 2. The SMILES string of the molecule is c1ccc(Sc2cc(N3CCOCC3)nc(N3CCOCC3)n2)nc1. The van der Waals surface area contributed by atoms with Gasteiger partial charge in [-0.05, 0) is 23.9 Å². The molecule has 0 bridgehead atoms. The average Bonchev–Trinajstić information content (AvgIpc) is 2.70. The fourth-order valence-corrected chi connectivity index (χ4v) is 3.59. The normalized spacial score (nSPS) is 18.4. The summed E-state index contributed by atoms with van der Waals surface area (Å²) in [6.45, 7) is 6.25. The first-order valence-corrected chi connectivity index (χ1v) is 9.33. The van der Waals surface area contributed by atoms with Gasteiger partial charge in [0.05, 0.1) is 26.4 Å². The van der Waals surface area contributed by atoms with E-state index in [0.29, 0.717) is 13.2 Å². The van der Waals surface area contributed by atoms with Gasteiger partial charge in [0.25, 0.3) is 0 Å². The fraction of sp³-hybridized carbons (Fsp3) is 0.471. The summed E-state index contributed by atoms with van der Waals surface area (Å²) in [6, 6.07) is 7.95. The largest absolute Gasteiger partial charge is 0.378 e. The molecule has 0 spiro atoms. The number of ether oxygens (including phenoxy) is 2. The standard InChI is InChI=1S/C17H21N5O2S/c1-2-4-18-15(3-1)25-16-13-14(21-5-9-23-10-6-21)19-17(20-16)22-7-11-24-12-8-22/h1-4,13H,5-12H2. The minimum atomic E-state index is 0.716. The molecule has 2 aromatic rings. The number of rotatable bonds is 4. The lowest BCUT2D eigenvalue weighted by molar-refractivity contribution is 0.121. The maximum atomic E-state index is 5.47. The van der Waals surface area contributed by atoms with Gasteiger partial charge in [-0.2, -0.15) is 4.98 Å². The van der Waals surface area contributed by atoms with Crippen LogP contribution in [-0.4, -0.2) is 67.6 Å². The van der Waals surface area contributed by atoms with E-state index in [-0.39, 0.29) is 0 Å². The van der Waals surface area contributed by atoms with E-state index in [1.807, 2.05) is 18.2 Å². The molecule has 0 amide bonds. The van der Waals surface area contributed by atoms with Crippen molar-refractivity contribution in [3.05, 3.63) is 30.5 Å². The van der Waals surface area contributed by atoms with Crippen molar-refractivity contribution in [1.82, 2.24) is 15.0 Å². The van der Waals surface area contributed by atoms with Gasteiger partial charge in [0.1, 0.15) is 15.9 Å². The van der Waals surface area contributed by atoms with Crippen molar-refractivity contribution >= 4 is 23.5 Å². The van der Waals surface area contributed by atoms with Crippen molar-refractivity contribution in [1.29, 1.82) is 0 Å². The molecule has 2 aliphatic rings. The van der Waals surface area contributed by atoms with Crippen molar-refractivity contribution in [2.45, 2.75) is 10.1 Å². The molecular weight excluding hydrogens is 338 g/mol. The first kappa shape index (κ1) is 16.6. The first-order chi connectivity index (χ1) is 12.4. The molecule has 4 heterocycles. The molecule has 0 saturated carbocycles. The highest BCUT2D eigenvalue weighted by Crippen LogP contribution is 2.29. The summed E-state index contributed by atoms with van der Waals surface area (Å²) in [7, 11) is 0. The quantitative estimate of drug-likeness (QED) is 0.765. The monoisotopic (exact) mass is 359 g/mol. The van der Waals surface area contributed by atoms with Crippen molar-refractivity contribution in [3.63, 3.8) is 0 Å². The van der Waals surface area contributed by atoms with E-state index in [2.05, 4.69) is 20.9 Å². The Balaban J connectivity index is 1.64. The molecule has 2 aromatic heterocycles. The smallest absolute Gasteiger partial charge is 0.228 e. The van der Waals surface area contributed by atoms with Gasteiger partial charge in [-0.3, -0.25) is 0 Å². The second-order valence-electron chi connectivity index (χ2n) is 5.83. The summed E-state index contributed by atoms with van der Waals surface area (Å²) in [5, 5.41) is 1.85. The van der Waals surface area contributed by atoms with Crippen LogP contribution in [0.1, 0.15) is 0 Å². The Hall–Kier alpha value is -1.90. The van der Waals surface area contributed by atoms with Crippen LogP contribution in [0, 0.1) is 0 Å². The van der Waals surface area contributed by atoms with Gasteiger partial charge >= 0.3 is 0 Å². The predicted molar refractivity (Wildman–Crippen MR) is 96.5 cm³/mol. The predicted octanol–water partition coefficient (Wildman–Crippen LogP) is 1.70. The maximum absolute atomic E-state index is 5.47. The lowest BCUT2D eigenvalue weighted by atomic mass is 10.4. The van der Waals surface area contributed by atoms with Gasteiger partial charge in [0.15, 0.2) is 0 Å². The van der Waals surface area contributed by atoms with Crippen LogP contribution in [0.5, 0.6) is 0 Å². The zero-order valence-electron chi connectivity index (χ0n) is 14.0. The molecular formula is C17H21N5O2S. The Kier molecular flexibility index (Phi) is 5.29. The number of hydrogen-bond donors (Lipinski definition) is 0. The molecule has 2 aliphatic heterocycles. The third kappa shape index (κ3) is 4.20. The molecule has 0 aromatic carbocycles. The highest BCUT2D eigenvalue weighted by Gasteiger charge is 2.19. The van der Waals surface area contributed by atoms with E-state index < -0.39 is 0 Å². The Morgan fingerprint density at radius 1 is 0.840 bits per heavy atom. The van der Waals surface area contributed by atoms with Crippen LogP contribution >= 0.6 is 11.8 Å². The molecule has 4 rings (SSSR count). The topological polar surface area (TPSA) is 63.6 Å². The van der Waals surface area contributed by atoms with Crippen LogP contribution in [0.25, 0.3) is 0 Å². The number of nitrogens with zero attached hydrogens (tertiary/aromatic N) is 5. The summed E-state index contributed by atoms with van der Waals surface area (Å²) in [6.07, 6.45) is 1.80. The van der Waals surface area contributed by atoms with E-state index in [9.17, 15) is 0 Å². The van der Waals surface area contributed by atoms with E-state index in [1.54, 1.807) is 18.0 Å². The number of anilines is 2. The molecule has 0 aliphatic carbocycles. The third-order valence-corrected chi connectivity index (χ3v) is 5.02. The lowest BCUT2D eigenvalue weighted by Gasteiger charge is -2.31. The van der Waals surface area contributed by atoms with Crippen molar-refractivity contribution in [2.24, 2.45) is 0 Å². The van der Waals surface area contributed by atoms with Crippen LogP contribution < -0.4 is 9.80 Å². The van der Waals surface area contributed by atoms with Crippen LogP contribution in [-0.2, 0) is 9.47 Å². The second kappa shape index (κ2) is 7.99. The van der Waals surface area contributed by atoms with Crippen LogP contribution in [0.2, 0.25) is 0 Å². The maximum Gasteiger partial charge on any atom is 0.228 e. The average molecular weight is 359 g/mol. The summed E-state index contributed by atoms with van der Waals surface area (Å²) < 4.78 is 10.9. The highest BCUT2D eigenvalue weighted by molar-refractivity contribution is 7.99. The fourth-order valence-electron chi connectivity index (χ4n) is 2.83. The van der Waals surface area contributed by atoms with E-state index in [4.69, 9.17) is 19.4 Å². The molecule has 0 atom stereocenters. The van der Waals surface area contributed by atoms with E-state index in [1.165, 1.54) is 0 Å². The summed E-state index contributed by atoms with van der Waals surface area (Å²) in [5.41, 5.74) is 0. The molecule has 0 unspecified atom stereocenters. The lowest BCUT2D eigenvalue weighted by Crippen LogP contribution is -2.39. The van der Waals surface area contributed by atoms with Gasteiger partial charge in [-0.15, -0.1) is 0 Å². The van der Waals surface area contributed by atoms with Gasteiger partial charge in [-0.1, -0.05) is 6.07 Å². The van der Waals surface area contributed by atoms with Crippen LogP contribution in [0.3, 0.4) is 0 Å². The Morgan fingerprint density at radius 3 is 2.24 bits per heavy atom. The number of aromatic nitrogens is 3. The zero-order valence-corrected chi connectivity index (χ0v) is 14.8. The molecule has 0 radical (unpaired) electrons. The number of hydrogen-bond acceptors (Lipinski definition) is 8. The molecule has 8 heteroatoms. The summed E-state index contributed by atoms with van der Waals surface area (Å²) >= 11 is 1.57. The molecule has 25 heavy (non-hydrogen) atoms. The Labute approximate surface area is 151 Å². The number of pyridine rings is 1. The Bertz CT molecular complexity index is 654. The van der Waals surface area contributed by atoms with Gasteiger partial charge in [0, 0.05) is 38.4 Å². The molecule has 2 fully saturated rings. The van der Waals surface area contributed by atoms with Gasteiger partial charge < -0.3 is 19.3 Å². The van der Waals surface area contributed by atoms with Gasteiger partial charge in [-0.25, -0.2) is 9.97 Å². The summed E-state index contributed by atoms with van der Waals surface area (Å²) in [4.78, 5) is 18.4. The Morgan fingerprint density at radius 2 is 1.56 bits per heavy atom. The van der Waals surface area contributed by atoms with Crippen molar-refractivity contribution in [3.8, 4) is 0 Å². The molecule has 7 nitrogen and oxygen atoms in total. The van der Waals surface area contributed by atoms with Gasteiger partial charge in [0.2, 0.25) is 5.95 Å². The zero-order chi connectivity index (χ0) is 16.9. The molecule has 0 N–H and O–H groups in total. The second-order valence-corrected chi connectivity index (χ2v) is 6.87. The van der Waals surface area contributed by atoms with Crippen LogP contribution in [0.4, 0.5) is 11.8 Å². The van der Waals surface area contributed by atoms with Crippen molar-refractivity contribution in [2.75, 3.05) is 62.4 Å². The third-order valence-electron chi connectivity index (χ3n) is 4.15. The van der Waals surface area contributed by atoms with E-state index in [0.717, 1.165) is 61.2 Å². The molecule has 132 valence electrons. The van der Waals surface area contributed by atoms with Crippen LogP contribution in [0.15, 0.2) is 40.5 Å². The minimum Gasteiger partial charge on any atom is -0.378 e. The summed E-state index contributed by atoms with van der Waals surface area (Å²) in [5.74, 6) is 1.73. The van der Waals surface area contributed by atoms with E-state index >= 15 is 0 Å².